The number of nitrogens with zero attached hydrogens (tertiary/aromatic N) is 3. The summed E-state index contributed by atoms with van der Waals surface area (Å²) in [7, 11) is 0. The van der Waals surface area contributed by atoms with E-state index in [1.165, 1.54) is 25.7 Å². The zero-order valence-electron chi connectivity index (χ0n) is 15.3. The standard InChI is InChI=1S/C19H28N4O3/c24-18(17-9-16(20-21-17)15-3-4-15)23-6-8-26-19(12-23)11-22(5-7-25-13-19)10-14-1-2-14/h9,14-15H,1-8,10-13H2,(H,20,21). The minimum atomic E-state index is -0.408. The van der Waals surface area contributed by atoms with Crippen LogP contribution in [0.4, 0.5) is 0 Å². The maximum atomic E-state index is 13.0. The lowest BCUT2D eigenvalue weighted by Crippen LogP contribution is -2.60. The summed E-state index contributed by atoms with van der Waals surface area (Å²) in [4.78, 5) is 17.3. The molecule has 142 valence electrons. The number of hydrogen-bond acceptors (Lipinski definition) is 5. The molecular formula is C19H28N4O3. The fourth-order valence-electron chi connectivity index (χ4n) is 4.22. The van der Waals surface area contributed by atoms with Gasteiger partial charge < -0.3 is 14.4 Å². The number of carbonyl (C=O) groups is 1. The van der Waals surface area contributed by atoms with Gasteiger partial charge in [-0.15, -0.1) is 0 Å². The molecule has 7 nitrogen and oxygen atoms in total. The normalized spacial score (nSPS) is 30.5. The van der Waals surface area contributed by atoms with E-state index in [1.54, 1.807) is 0 Å². The number of morpholine rings is 1. The Balaban J connectivity index is 1.28. The minimum absolute atomic E-state index is 0.00816. The number of H-pyrrole nitrogens is 1. The van der Waals surface area contributed by atoms with Gasteiger partial charge in [-0.1, -0.05) is 0 Å². The molecule has 1 atom stereocenters. The predicted molar refractivity (Wildman–Crippen MR) is 95.1 cm³/mol. The molecule has 4 aliphatic rings. The van der Waals surface area contributed by atoms with E-state index in [1.807, 2.05) is 11.0 Å². The molecule has 1 N–H and O–H groups in total. The van der Waals surface area contributed by atoms with E-state index >= 15 is 0 Å². The van der Waals surface area contributed by atoms with E-state index in [4.69, 9.17) is 9.47 Å². The van der Waals surface area contributed by atoms with E-state index in [9.17, 15) is 4.79 Å². The Morgan fingerprint density at radius 2 is 2.12 bits per heavy atom. The highest BCUT2D eigenvalue weighted by molar-refractivity contribution is 5.92. The van der Waals surface area contributed by atoms with Gasteiger partial charge in [0.15, 0.2) is 0 Å². The van der Waals surface area contributed by atoms with Crippen molar-refractivity contribution in [3.05, 3.63) is 17.5 Å². The zero-order valence-corrected chi connectivity index (χ0v) is 15.3. The fourth-order valence-corrected chi connectivity index (χ4v) is 4.22. The van der Waals surface area contributed by atoms with Crippen molar-refractivity contribution in [1.29, 1.82) is 0 Å². The van der Waals surface area contributed by atoms with Gasteiger partial charge in [0, 0.05) is 37.8 Å². The van der Waals surface area contributed by atoms with Crippen molar-refractivity contribution >= 4 is 5.91 Å². The lowest BCUT2D eigenvalue weighted by atomic mass is 10.0. The summed E-state index contributed by atoms with van der Waals surface area (Å²) in [5.74, 6) is 1.43. The van der Waals surface area contributed by atoms with Crippen LogP contribution in [0.2, 0.25) is 0 Å². The third kappa shape index (κ3) is 3.52. The van der Waals surface area contributed by atoms with Gasteiger partial charge in [0.1, 0.15) is 11.3 Å². The molecule has 1 aromatic rings. The number of amides is 1. The second-order valence-corrected chi connectivity index (χ2v) is 8.47. The van der Waals surface area contributed by atoms with Gasteiger partial charge >= 0.3 is 0 Å². The average molecular weight is 360 g/mol. The van der Waals surface area contributed by atoms with Crippen LogP contribution in [-0.4, -0.2) is 84.0 Å². The van der Waals surface area contributed by atoms with Crippen molar-refractivity contribution < 1.29 is 14.3 Å². The molecule has 2 aliphatic heterocycles. The number of rotatable bonds is 4. The largest absolute Gasteiger partial charge is 0.377 e. The van der Waals surface area contributed by atoms with Crippen LogP contribution in [0.15, 0.2) is 6.07 Å². The van der Waals surface area contributed by atoms with Crippen molar-refractivity contribution in [2.45, 2.75) is 37.2 Å². The molecule has 1 aromatic heterocycles. The second kappa shape index (κ2) is 6.62. The Bertz CT molecular complexity index is 669. The van der Waals surface area contributed by atoms with E-state index in [0.717, 1.165) is 37.9 Å². The Hall–Kier alpha value is -1.44. The lowest BCUT2D eigenvalue weighted by molar-refractivity contribution is -0.133. The molecule has 3 heterocycles. The molecule has 4 fully saturated rings. The number of ether oxygens (including phenoxy) is 2. The molecule has 0 aromatic carbocycles. The first-order chi connectivity index (χ1) is 12.7. The van der Waals surface area contributed by atoms with Gasteiger partial charge in [0.2, 0.25) is 0 Å². The topological polar surface area (TPSA) is 70.7 Å². The molecule has 0 radical (unpaired) electrons. The van der Waals surface area contributed by atoms with Crippen LogP contribution in [-0.2, 0) is 9.47 Å². The molecule has 2 saturated carbocycles. The minimum Gasteiger partial charge on any atom is -0.377 e. The number of aromatic nitrogens is 2. The van der Waals surface area contributed by atoms with Crippen molar-refractivity contribution in [1.82, 2.24) is 20.0 Å². The lowest BCUT2D eigenvalue weighted by Gasteiger charge is -2.43. The first kappa shape index (κ1) is 16.7. The smallest absolute Gasteiger partial charge is 0.274 e. The van der Waals surface area contributed by atoms with Gasteiger partial charge in [-0.05, 0) is 37.7 Å². The van der Waals surface area contributed by atoms with E-state index in [0.29, 0.717) is 37.9 Å². The van der Waals surface area contributed by atoms with Crippen LogP contribution in [0.5, 0.6) is 0 Å². The SMILES string of the molecule is O=C(c1cc(C2CC2)[nH]n1)N1CCOC2(COCCN(CC3CC3)C2)C1. The first-order valence-corrected chi connectivity index (χ1v) is 9.99. The van der Waals surface area contributed by atoms with Crippen molar-refractivity contribution in [3.63, 3.8) is 0 Å². The molecule has 1 amide bonds. The Morgan fingerprint density at radius 3 is 2.92 bits per heavy atom. The predicted octanol–water partition coefficient (Wildman–Crippen LogP) is 1.24. The summed E-state index contributed by atoms with van der Waals surface area (Å²) in [6.07, 6.45) is 5.09. The third-order valence-electron chi connectivity index (χ3n) is 6.01. The second-order valence-electron chi connectivity index (χ2n) is 8.47. The van der Waals surface area contributed by atoms with Gasteiger partial charge in [-0.3, -0.25) is 14.8 Å². The molecule has 2 aliphatic carbocycles. The first-order valence-electron chi connectivity index (χ1n) is 9.99. The molecule has 2 saturated heterocycles. The Labute approximate surface area is 154 Å². The summed E-state index contributed by atoms with van der Waals surface area (Å²) in [6, 6.07) is 1.94. The molecule has 0 bridgehead atoms. The summed E-state index contributed by atoms with van der Waals surface area (Å²) in [5.41, 5.74) is 1.23. The molecular weight excluding hydrogens is 332 g/mol. The summed E-state index contributed by atoms with van der Waals surface area (Å²) in [6.45, 7) is 6.01. The average Bonchev–Trinajstić information content (AvgIpc) is 3.57. The molecule has 5 rings (SSSR count). The van der Waals surface area contributed by atoms with Gasteiger partial charge in [-0.2, -0.15) is 5.10 Å². The quantitative estimate of drug-likeness (QED) is 0.875. The van der Waals surface area contributed by atoms with Gasteiger partial charge in [0.05, 0.1) is 26.4 Å². The zero-order chi connectivity index (χ0) is 17.6. The number of nitrogens with one attached hydrogen (secondary N) is 1. The van der Waals surface area contributed by atoms with Crippen molar-refractivity contribution in [2.24, 2.45) is 5.92 Å². The number of carbonyl (C=O) groups excluding carboxylic acids is 1. The highest BCUT2D eigenvalue weighted by atomic mass is 16.5. The summed E-state index contributed by atoms with van der Waals surface area (Å²) < 4.78 is 12.1. The van der Waals surface area contributed by atoms with Crippen molar-refractivity contribution in [3.8, 4) is 0 Å². The highest BCUT2D eigenvalue weighted by Crippen LogP contribution is 2.39. The number of aromatic amines is 1. The molecule has 26 heavy (non-hydrogen) atoms. The summed E-state index contributed by atoms with van der Waals surface area (Å²) >= 11 is 0. The monoisotopic (exact) mass is 360 g/mol. The van der Waals surface area contributed by atoms with Crippen LogP contribution < -0.4 is 0 Å². The van der Waals surface area contributed by atoms with E-state index in [2.05, 4.69) is 15.1 Å². The van der Waals surface area contributed by atoms with Crippen molar-refractivity contribution in [2.75, 3.05) is 52.5 Å². The third-order valence-corrected chi connectivity index (χ3v) is 6.01. The highest BCUT2D eigenvalue weighted by Gasteiger charge is 2.43. The van der Waals surface area contributed by atoms with Crippen LogP contribution in [0.1, 0.15) is 47.8 Å². The van der Waals surface area contributed by atoms with Crippen LogP contribution >= 0.6 is 0 Å². The van der Waals surface area contributed by atoms with Crippen LogP contribution in [0, 0.1) is 5.92 Å². The molecule has 7 heteroatoms. The number of hydrogen-bond donors (Lipinski definition) is 1. The fraction of sp³-hybridized carbons (Fsp3) is 0.789. The molecule has 1 unspecified atom stereocenters. The van der Waals surface area contributed by atoms with E-state index in [-0.39, 0.29) is 5.91 Å². The van der Waals surface area contributed by atoms with Gasteiger partial charge in [0.25, 0.3) is 5.91 Å². The maximum Gasteiger partial charge on any atom is 0.274 e. The molecule has 1 spiro atoms. The van der Waals surface area contributed by atoms with Crippen LogP contribution in [0.3, 0.4) is 0 Å². The van der Waals surface area contributed by atoms with E-state index < -0.39 is 5.60 Å². The van der Waals surface area contributed by atoms with Gasteiger partial charge in [-0.25, -0.2) is 0 Å². The van der Waals surface area contributed by atoms with Crippen LogP contribution in [0.25, 0.3) is 0 Å². The summed E-state index contributed by atoms with van der Waals surface area (Å²) in [5, 5.41) is 7.31. The Kier molecular flexibility index (Phi) is 4.26. The maximum absolute atomic E-state index is 13.0. The Morgan fingerprint density at radius 1 is 1.23 bits per heavy atom.